The van der Waals surface area contributed by atoms with E-state index in [1.165, 1.54) is 16.0 Å². The SMILES string of the molecule is CC1(C)c2cc(-c3ccc(-c4cc(-c5cccc(-c6ccccc6)c5)nc(-c5ccccc5)n4)cc3)ccc2Sc2cccc(C#N)c21. The predicted molar refractivity (Wildman–Crippen MR) is 197 cm³/mol. The van der Waals surface area contributed by atoms with Gasteiger partial charge in [0.1, 0.15) is 0 Å². The van der Waals surface area contributed by atoms with Gasteiger partial charge < -0.3 is 0 Å². The Bertz CT molecular complexity index is 2340. The molecule has 7 aromatic rings. The molecule has 0 aliphatic carbocycles. The Balaban J connectivity index is 1.17. The number of fused-ring (bicyclic) bond motifs is 2. The first-order chi connectivity index (χ1) is 23.5. The minimum Gasteiger partial charge on any atom is -0.228 e. The monoisotopic (exact) mass is 633 g/mol. The van der Waals surface area contributed by atoms with Crippen LogP contribution in [0.25, 0.3) is 56.2 Å². The Hall–Kier alpha value is -5.76. The number of rotatable bonds is 5. The third-order valence-corrected chi connectivity index (χ3v) is 10.3. The molecule has 0 N–H and O–H groups in total. The van der Waals surface area contributed by atoms with Gasteiger partial charge in [-0.15, -0.1) is 0 Å². The molecule has 0 saturated carbocycles. The molecular weight excluding hydrogens is 603 g/mol. The summed E-state index contributed by atoms with van der Waals surface area (Å²) < 4.78 is 0. The van der Waals surface area contributed by atoms with E-state index in [4.69, 9.17) is 9.97 Å². The summed E-state index contributed by atoms with van der Waals surface area (Å²) >= 11 is 1.75. The number of hydrogen-bond donors (Lipinski definition) is 0. The van der Waals surface area contributed by atoms with Crippen molar-refractivity contribution in [3.63, 3.8) is 0 Å². The minimum atomic E-state index is -0.290. The highest BCUT2D eigenvalue weighted by Crippen LogP contribution is 2.51. The fourth-order valence-corrected chi connectivity index (χ4v) is 8.09. The van der Waals surface area contributed by atoms with Crippen molar-refractivity contribution < 1.29 is 0 Å². The molecule has 0 atom stereocenters. The largest absolute Gasteiger partial charge is 0.228 e. The molecule has 8 rings (SSSR count). The van der Waals surface area contributed by atoms with Crippen LogP contribution in [0.5, 0.6) is 0 Å². The van der Waals surface area contributed by atoms with E-state index in [2.05, 4.69) is 135 Å². The average molecular weight is 634 g/mol. The Morgan fingerprint density at radius 3 is 1.79 bits per heavy atom. The first-order valence-corrected chi connectivity index (χ1v) is 16.9. The van der Waals surface area contributed by atoms with Crippen molar-refractivity contribution in [3.8, 4) is 62.2 Å². The number of nitriles is 1. The highest BCUT2D eigenvalue weighted by Gasteiger charge is 2.35. The second-order valence-corrected chi connectivity index (χ2v) is 13.7. The Kier molecular flexibility index (Phi) is 7.48. The molecule has 6 aromatic carbocycles. The van der Waals surface area contributed by atoms with E-state index in [0.717, 1.165) is 60.8 Å². The van der Waals surface area contributed by atoms with Crippen molar-refractivity contribution in [3.05, 3.63) is 168 Å². The Morgan fingerprint density at radius 2 is 1.06 bits per heavy atom. The topological polar surface area (TPSA) is 49.6 Å². The van der Waals surface area contributed by atoms with E-state index in [1.54, 1.807) is 11.8 Å². The molecule has 1 aromatic heterocycles. The average Bonchev–Trinajstić information content (AvgIpc) is 3.15. The lowest BCUT2D eigenvalue weighted by atomic mass is 9.75. The lowest BCUT2D eigenvalue weighted by Crippen LogP contribution is -2.25. The fraction of sp³-hybridized carbons (Fsp3) is 0.0682. The fourth-order valence-electron chi connectivity index (χ4n) is 6.68. The maximum Gasteiger partial charge on any atom is 0.160 e. The number of benzene rings is 6. The summed E-state index contributed by atoms with van der Waals surface area (Å²) in [6.45, 7) is 4.45. The first-order valence-electron chi connectivity index (χ1n) is 16.0. The minimum absolute atomic E-state index is 0.290. The highest BCUT2D eigenvalue weighted by atomic mass is 32.2. The van der Waals surface area contributed by atoms with Gasteiger partial charge in [0.25, 0.3) is 0 Å². The molecule has 0 fully saturated rings. The van der Waals surface area contributed by atoms with Gasteiger partial charge in [-0.1, -0.05) is 141 Å². The molecule has 228 valence electrons. The molecule has 0 saturated heterocycles. The summed E-state index contributed by atoms with van der Waals surface area (Å²) in [4.78, 5) is 12.5. The normalized spacial score (nSPS) is 12.9. The lowest BCUT2D eigenvalue weighted by Gasteiger charge is -2.35. The van der Waals surface area contributed by atoms with E-state index in [0.29, 0.717) is 5.82 Å². The van der Waals surface area contributed by atoms with E-state index in [1.807, 2.05) is 36.4 Å². The molecule has 0 amide bonds. The molecule has 1 aliphatic heterocycles. The summed E-state index contributed by atoms with van der Waals surface area (Å²) in [5.41, 5.74) is 12.2. The third kappa shape index (κ3) is 5.39. The van der Waals surface area contributed by atoms with Gasteiger partial charge in [-0.25, -0.2) is 9.97 Å². The van der Waals surface area contributed by atoms with Crippen molar-refractivity contribution >= 4 is 11.8 Å². The zero-order chi connectivity index (χ0) is 32.7. The maximum absolute atomic E-state index is 9.88. The van der Waals surface area contributed by atoms with Crippen LogP contribution in [0.15, 0.2) is 161 Å². The van der Waals surface area contributed by atoms with Crippen molar-refractivity contribution in [1.29, 1.82) is 5.26 Å². The third-order valence-electron chi connectivity index (χ3n) is 9.18. The van der Waals surface area contributed by atoms with Gasteiger partial charge in [-0.2, -0.15) is 5.26 Å². The van der Waals surface area contributed by atoms with Crippen LogP contribution in [0.2, 0.25) is 0 Å². The molecule has 4 heteroatoms. The van der Waals surface area contributed by atoms with Crippen molar-refractivity contribution in [2.24, 2.45) is 0 Å². The second kappa shape index (κ2) is 12.1. The summed E-state index contributed by atoms with van der Waals surface area (Å²) in [7, 11) is 0. The van der Waals surface area contributed by atoms with E-state index < -0.39 is 0 Å². The maximum atomic E-state index is 9.88. The number of nitrogens with zero attached hydrogens (tertiary/aromatic N) is 3. The lowest BCUT2D eigenvalue weighted by molar-refractivity contribution is 0.605. The molecule has 1 aliphatic rings. The van der Waals surface area contributed by atoms with Crippen LogP contribution in [-0.2, 0) is 5.41 Å². The number of hydrogen-bond acceptors (Lipinski definition) is 4. The van der Waals surface area contributed by atoms with E-state index in [9.17, 15) is 5.26 Å². The predicted octanol–water partition coefficient (Wildman–Crippen LogP) is 11.5. The highest BCUT2D eigenvalue weighted by molar-refractivity contribution is 7.99. The smallest absolute Gasteiger partial charge is 0.160 e. The van der Waals surface area contributed by atoms with Gasteiger partial charge in [0, 0.05) is 31.9 Å². The molecule has 0 unspecified atom stereocenters. The van der Waals surface area contributed by atoms with Gasteiger partial charge in [-0.05, 0) is 69.8 Å². The van der Waals surface area contributed by atoms with Crippen LogP contribution >= 0.6 is 11.8 Å². The van der Waals surface area contributed by atoms with Gasteiger partial charge in [0.15, 0.2) is 5.82 Å². The van der Waals surface area contributed by atoms with Crippen LogP contribution in [0, 0.1) is 11.3 Å². The van der Waals surface area contributed by atoms with Crippen molar-refractivity contribution in [1.82, 2.24) is 9.97 Å². The standard InChI is InChI=1S/C44H31N3S/c1-44(2)37-26-34(23-24-40(37)48-41-18-10-17-36(28-45)42(41)44)30-19-21-31(22-20-30)38-27-39(47-43(46-38)32-13-7-4-8-14-32)35-16-9-15-33(25-35)29-11-5-3-6-12-29/h3-27H,1-2H3. The Labute approximate surface area is 285 Å². The zero-order valence-corrected chi connectivity index (χ0v) is 27.5. The van der Waals surface area contributed by atoms with Gasteiger partial charge >= 0.3 is 0 Å². The van der Waals surface area contributed by atoms with Crippen molar-refractivity contribution in [2.45, 2.75) is 29.1 Å². The van der Waals surface area contributed by atoms with Gasteiger partial charge in [0.2, 0.25) is 0 Å². The summed E-state index contributed by atoms with van der Waals surface area (Å²) in [5, 5.41) is 9.88. The molecule has 0 spiro atoms. The van der Waals surface area contributed by atoms with Crippen LogP contribution < -0.4 is 0 Å². The molecule has 0 radical (unpaired) electrons. The van der Waals surface area contributed by atoms with Gasteiger partial charge in [-0.3, -0.25) is 0 Å². The molecule has 2 heterocycles. The summed E-state index contributed by atoms with van der Waals surface area (Å²) in [6, 6.07) is 55.1. The van der Waals surface area contributed by atoms with E-state index in [-0.39, 0.29) is 5.41 Å². The number of aromatic nitrogens is 2. The molecule has 3 nitrogen and oxygen atoms in total. The second-order valence-electron chi connectivity index (χ2n) is 12.6. The summed E-state index contributed by atoms with van der Waals surface area (Å²) in [6.07, 6.45) is 0. The molecule has 0 bridgehead atoms. The molecular formula is C44H31N3S. The van der Waals surface area contributed by atoms with Crippen LogP contribution in [-0.4, -0.2) is 9.97 Å². The van der Waals surface area contributed by atoms with Crippen molar-refractivity contribution in [2.75, 3.05) is 0 Å². The van der Waals surface area contributed by atoms with Crippen LogP contribution in [0.4, 0.5) is 0 Å². The summed E-state index contributed by atoms with van der Waals surface area (Å²) in [5.74, 6) is 0.698. The zero-order valence-electron chi connectivity index (χ0n) is 26.7. The first kappa shape index (κ1) is 29.6. The quantitative estimate of drug-likeness (QED) is 0.189. The van der Waals surface area contributed by atoms with Crippen LogP contribution in [0.1, 0.15) is 30.5 Å². The van der Waals surface area contributed by atoms with Gasteiger partial charge in [0.05, 0.1) is 23.0 Å². The Morgan fingerprint density at radius 1 is 0.500 bits per heavy atom. The van der Waals surface area contributed by atoms with Crippen LogP contribution in [0.3, 0.4) is 0 Å². The molecule has 48 heavy (non-hydrogen) atoms. The van der Waals surface area contributed by atoms with E-state index >= 15 is 0 Å².